The van der Waals surface area contributed by atoms with Gasteiger partial charge >= 0.3 is 6.18 Å². The van der Waals surface area contributed by atoms with Crippen molar-refractivity contribution in [2.45, 2.75) is 75.5 Å². The van der Waals surface area contributed by atoms with Gasteiger partial charge in [-0.15, -0.1) is 0 Å². The van der Waals surface area contributed by atoms with Crippen LogP contribution in [0.5, 0.6) is 5.75 Å². The number of carbonyl (C=O) groups is 2. The summed E-state index contributed by atoms with van der Waals surface area (Å²) in [5.41, 5.74) is -1.23. The van der Waals surface area contributed by atoms with Crippen molar-refractivity contribution >= 4 is 40.8 Å². The van der Waals surface area contributed by atoms with Gasteiger partial charge in [-0.3, -0.25) is 9.59 Å². The van der Waals surface area contributed by atoms with Crippen LogP contribution in [-0.2, 0) is 4.79 Å². The quantitative estimate of drug-likeness (QED) is 0.419. The number of pyridine rings is 1. The van der Waals surface area contributed by atoms with E-state index in [1.807, 2.05) is 0 Å². The van der Waals surface area contributed by atoms with Gasteiger partial charge < -0.3 is 25.4 Å². The molecule has 0 spiro atoms. The van der Waals surface area contributed by atoms with Crippen LogP contribution in [0.3, 0.4) is 0 Å². The highest BCUT2D eigenvalue weighted by atomic mass is 35.5. The maximum Gasteiger partial charge on any atom is 0.410 e. The number of anilines is 1. The first kappa shape index (κ1) is 29.2. The molecule has 2 aliphatic rings. The highest BCUT2D eigenvalue weighted by Gasteiger charge is 2.44. The normalized spacial score (nSPS) is 21.8. The van der Waals surface area contributed by atoms with Crippen LogP contribution in [0.25, 0.3) is 0 Å². The molecule has 1 aromatic heterocycles. The van der Waals surface area contributed by atoms with Crippen LogP contribution in [0.2, 0.25) is 10.0 Å². The third kappa shape index (κ3) is 6.70. The van der Waals surface area contributed by atoms with Crippen LogP contribution in [0.4, 0.5) is 19.0 Å². The number of aliphatic hydroxyl groups excluding tert-OH is 1. The van der Waals surface area contributed by atoms with Gasteiger partial charge in [0.2, 0.25) is 0 Å². The predicted octanol–water partition coefficient (Wildman–Crippen LogP) is 4.52. The topological polar surface area (TPSA) is 104 Å². The highest BCUT2D eigenvalue weighted by molar-refractivity contribution is 6.35. The molecule has 3 N–H and O–H groups in total. The Kier molecular flexibility index (Phi) is 8.53. The molecule has 212 valence electrons. The van der Waals surface area contributed by atoms with E-state index in [1.54, 1.807) is 43.4 Å². The van der Waals surface area contributed by atoms with E-state index >= 15 is 0 Å². The van der Waals surface area contributed by atoms with Gasteiger partial charge in [-0.2, -0.15) is 13.2 Å². The number of alkyl halides is 3. The van der Waals surface area contributed by atoms with E-state index < -0.39 is 30.3 Å². The zero-order valence-electron chi connectivity index (χ0n) is 21.3. The molecule has 0 aliphatic carbocycles. The number of hydrogen-bond donors (Lipinski definition) is 3. The number of nitrogens with one attached hydrogen (secondary N) is 2. The smallest absolute Gasteiger partial charge is 0.410 e. The van der Waals surface area contributed by atoms with Crippen molar-refractivity contribution in [1.82, 2.24) is 15.6 Å². The van der Waals surface area contributed by atoms with Crippen LogP contribution in [0.15, 0.2) is 36.5 Å². The fourth-order valence-electron chi connectivity index (χ4n) is 5.05. The lowest BCUT2D eigenvalue weighted by Gasteiger charge is -2.40. The summed E-state index contributed by atoms with van der Waals surface area (Å²) in [6, 6.07) is 5.56. The summed E-state index contributed by atoms with van der Waals surface area (Å²) in [6.45, 7) is 2.07. The molecule has 4 atom stereocenters. The summed E-state index contributed by atoms with van der Waals surface area (Å²) in [4.78, 5) is 31.8. The van der Waals surface area contributed by atoms with Gasteiger partial charge in [0.25, 0.3) is 11.8 Å². The van der Waals surface area contributed by atoms with Gasteiger partial charge in [0.1, 0.15) is 17.6 Å². The number of nitrogens with zero attached hydrogens (tertiary/aromatic N) is 2. The number of hydrogen-bond acceptors (Lipinski definition) is 6. The first-order valence-electron chi connectivity index (χ1n) is 12.5. The average molecular weight is 589 g/mol. The largest absolute Gasteiger partial charge is 0.476 e. The Balaban J connectivity index is 1.36. The van der Waals surface area contributed by atoms with Crippen molar-refractivity contribution in [3.05, 3.63) is 52.1 Å². The fourth-order valence-corrected chi connectivity index (χ4v) is 5.50. The SMILES string of the molecule is CC(C)(Oc1ccc(Cl)cc1Cl)C(=O)N[C@H]1C[C@H]2CC[C@@H](C1)N2c1ccc(C(=O)NC(CO)C(F)(F)F)cn1. The van der Waals surface area contributed by atoms with Gasteiger partial charge in [0, 0.05) is 29.3 Å². The molecule has 0 saturated carbocycles. The van der Waals surface area contributed by atoms with E-state index in [0.29, 0.717) is 34.5 Å². The van der Waals surface area contributed by atoms with E-state index in [2.05, 4.69) is 15.2 Å². The number of fused-ring (bicyclic) bond motifs is 2. The average Bonchev–Trinajstić information content (AvgIpc) is 3.13. The monoisotopic (exact) mass is 588 g/mol. The number of ether oxygens (including phenoxy) is 1. The second kappa shape index (κ2) is 11.4. The minimum absolute atomic E-state index is 0.0426. The first-order chi connectivity index (χ1) is 18.3. The lowest BCUT2D eigenvalue weighted by molar-refractivity contribution is -0.161. The number of aromatic nitrogens is 1. The number of rotatable bonds is 8. The number of carbonyl (C=O) groups excluding carboxylic acids is 2. The van der Waals surface area contributed by atoms with Crippen molar-refractivity contribution in [2.24, 2.45) is 0 Å². The summed E-state index contributed by atoms with van der Waals surface area (Å²) in [5.74, 6) is -0.288. The van der Waals surface area contributed by atoms with Gasteiger partial charge in [-0.05, 0) is 69.9 Å². The molecule has 0 radical (unpaired) electrons. The van der Waals surface area contributed by atoms with Crippen molar-refractivity contribution in [3.63, 3.8) is 0 Å². The molecule has 3 heterocycles. The summed E-state index contributed by atoms with van der Waals surface area (Å²) >= 11 is 12.1. The Morgan fingerprint density at radius 3 is 2.36 bits per heavy atom. The van der Waals surface area contributed by atoms with Crippen molar-refractivity contribution in [2.75, 3.05) is 11.5 Å². The fraction of sp³-hybridized carbons (Fsp3) is 0.500. The molecule has 2 bridgehead atoms. The van der Waals surface area contributed by atoms with E-state index in [-0.39, 0.29) is 29.6 Å². The van der Waals surface area contributed by atoms with Gasteiger partial charge in [0.15, 0.2) is 5.60 Å². The molecule has 1 aromatic carbocycles. The molecule has 39 heavy (non-hydrogen) atoms. The molecule has 8 nitrogen and oxygen atoms in total. The second-order valence-corrected chi connectivity index (χ2v) is 11.1. The standard InChI is InChI=1S/C26H29Cl2F3N4O4/c1-25(2,39-20-7-4-15(27)9-19(20)28)24(38)33-16-10-17-5-6-18(11-16)35(17)22-8-3-14(12-32-22)23(37)34-21(13-36)26(29,30)31/h3-4,7-9,12,16-18,21,36H,5-6,10-11,13H2,1-2H3,(H,33,38)(H,34,37)/t16-,17+,18-,21?. The van der Waals surface area contributed by atoms with E-state index in [9.17, 15) is 22.8 Å². The van der Waals surface area contributed by atoms with Crippen LogP contribution in [0, 0.1) is 0 Å². The van der Waals surface area contributed by atoms with Crippen LogP contribution in [0.1, 0.15) is 49.9 Å². The van der Waals surface area contributed by atoms with Gasteiger partial charge in [0.05, 0.1) is 17.2 Å². The Bertz CT molecular complexity index is 1200. The molecule has 1 unspecified atom stereocenters. The molecule has 2 saturated heterocycles. The third-order valence-electron chi connectivity index (χ3n) is 7.03. The van der Waals surface area contributed by atoms with Crippen LogP contribution < -0.4 is 20.3 Å². The van der Waals surface area contributed by atoms with Crippen molar-refractivity contribution in [3.8, 4) is 5.75 Å². The van der Waals surface area contributed by atoms with E-state index in [4.69, 9.17) is 33.0 Å². The molecule has 2 fully saturated rings. The maximum atomic E-state index is 13.1. The summed E-state index contributed by atoms with van der Waals surface area (Å²) in [6.07, 6.45) is -0.400. The van der Waals surface area contributed by atoms with Crippen molar-refractivity contribution < 1.29 is 32.6 Å². The van der Waals surface area contributed by atoms with E-state index in [1.165, 1.54) is 12.3 Å². The minimum atomic E-state index is -4.76. The number of benzene rings is 1. The van der Waals surface area contributed by atoms with Crippen molar-refractivity contribution in [1.29, 1.82) is 0 Å². The molecule has 2 aromatic rings. The Labute approximate surface area is 233 Å². The lowest BCUT2D eigenvalue weighted by Crippen LogP contribution is -2.55. The molecule has 13 heteroatoms. The van der Waals surface area contributed by atoms with Crippen LogP contribution in [-0.4, -0.2) is 64.5 Å². The Morgan fingerprint density at radius 2 is 1.82 bits per heavy atom. The maximum absolute atomic E-state index is 13.1. The molecular formula is C26H29Cl2F3N4O4. The molecule has 2 amide bonds. The number of amides is 2. The number of halogens is 5. The first-order valence-corrected chi connectivity index (χ1v) is 13.2. The summed E-state index contributed by atoms with van der Waals surface area (Å²) in [5, 5.41) is 14.6. The summed E-state index contributed by atoms with van der Waals surface area (Å²) < 4.78 is 44.5. The molecule has 2 aliphatic heterocycles. The molecular weight excluding hydrogens is 560 g/mol. The second-order valence-electron chi connectivity index (χ2n) is 10.3. The van der Waals surface area contributed by atoms with E-state index in [0.717, 1.165) is 12.8 Å². The van der Waals surface area contributed by atoms with Crippen LogP contribution >= 0.6 is 23.2 Å². The predicted molar refractivity (Wildman–Crippen MR) is 140 cm³/mol. The Morgan fingerprint density at radius 1 is 1.15 bits per heavy atom. The minimum Gasteiger partial charge on any atom is -0.476 e. The van der Waals surface area contributed by atoms with Gasteiger partial charge in [-0.25, -0.2) is 4.98 Å². The zero-order valence-corrected chi connectivity index (χ0v) is 22.8. The molecule has 4 rings (SSSR count). The lowest BCUT2D eigenvalue weighted by atomic mass is 9.96. The Hall–Kier alpha value is -2.76. The van der Waals surface area contributed by atoms with Gasteiger partial charge in [-0.1, -0.05) is 23.2 Å². The summed E-state index contributed by atoms with van der Waals surface area (Å²) in [7, 11) is 0. The number of piperidine rings is 1. The third-order valence-corrected chi connectivity index (χ3v) is 7.56. The highest BCUT2D eigenvalue weighted by Crippen LogP contribution is 2.39. The number of aliphatic hydroxyl groups is 1. The zero-order chi connectivity index (χ0) is 28.5.